The van der Waals surface area contributed by atoms with Crippen molar-refractivity contribution >= 4 is 38.7 Å². The lowest BCUT2D eigenvalue weighted by atomic mass is 10.2. The average Bonchev–Trinajstić information content (AvgIpc) is 2.97. The largest absolute Gasteiger partial charge is 0.331 e. The van der Waals surface area contributed by atoms with Gasteiger partial charge < -0.3 is 4.90 Å². The molecule has 7 heteroatoms. The number of rotatable bonds is 5. The fraction of sp³-hybridized carbons (Fsp3) is 0.583. The molecule has 1 fully saturated rings. The molecular weight excluding hydrogens is 306 g/mol. The van der Waals surface area contributed by atoms with Gasteiger partial charge in [0.1, 0.15) is 9.84 Å². The molecule has 19 heavy (non-hydrogen) atoms. The molecule has 4 nitrogen and oxygen atoms in total. The van der Waals surface area contributed by atoms with Gasteiger partial charge in [-0.05, 0) is 31.9 Å². The van der Waals surface area contributed by atoms with Crippen molar-refractivity contribution in [3.63, 3.8) is 0 Å². The summed E-state index contributed by atoms with van der Waals surface area (Å²) in [5, 5.41) is 0. The lowest BCUT2D eigenvalue weighted by Gasteiger charge is -2.28. The highest BCUT2D eigenvalue weighted by Gasteiger charge is 2.37. The predicted octanol–water partition coefficient (Wildman–Crippen LogP) is 2.44. The van der Waals surface area contributed by atoms with E-state index in [9.17, 15) is 13.2 Å². The molecule has 0 aliphatic heterocycles. The number of carbonyl (C=O) groups excluding carboxylic acids is 1. The standard InChI is InChI=1S/C12H16ClNO3S2/c1-8(7-19(2,16)17)14(9-3-4-9)12(15)10-5-6-11(13)18-10/h5-6,8-9H,3-4,7H2,1-2H3/t8-/m1/s1. The molecule has 0 radical (unpaired) electrons. The van der Waals surface area contributed by atoms with E-state index in [1.807, 2.05) is 0 Å². The Bertz CT molecular complexity index is 578. The van der Waals surface area contributed by atoms with Crippen molar-refractivity contribution in [3.8, 4) is 0 Å². The van der Waals surface area contributed by atoms with E-state index in [-0.39, 0.29) is 23.7 Å². The monoisotopic (exact) mass is 321 g/mol. The predicted molar refractivity (Wildman–Crippen MR) is 77.7 cm³/mol. The Morgan fingerprint density at radius 1 is 1.53 bits per heavy atom. The Morgan fingerprint density at radius 3 is 2.58 bits per heavy atom. The van der Waals surface area contributed by atoms with Gasteiger partial charge in [-0.2, -0.15) is 0 Å². The first-order chi connectivity index (χ1) is 8.78. The fourth-order valence-corrected chi connectivity index (χ4v) is 4.18. The maximum absolute atomic E-state index is 12.4. The van der Waals surface area contributed by atoms with E-state index in [0.29, 0.717) is 9.21 Å². The summed E-state index contributed by atoms with van der Waals surface area (Å²) in [6.45, 7) is 1.78. The molecule has 1 atom stereocenters. The van der Waals surface area contributed by atoms with Crippen LogP contribution in [0.25, 0.3) is 0 Å². The molecule has 1 aromatic rings. The first kappa shape index (κ1) is 14.8. The molecule has 0 unspecified atom stereocenters. The first-order valence-electron chi connectivity index (χ1n) is 6.03. The van der Waals surface area contributed by atoms with Crippen LogP contribution in [-0.2, 0) is 9.84 Å². The smallest absolute Gasteiger partial charge is 0.264 e. The lowest BCUT2D eigenvalue weighted by molar-refractivity contribution is 0.0698. The van der Waals surface area contributed by atoms with Crippen LogP contribution in [0.4, 0.5) is 0 Å². The quantitative estimate of drug-likeness (QED) is 0.837. The molecule has 1 aliphatic carbocycles. The van der Waals surface area contributed by atoms with Crippen molar-refractivity contribution in [1.82, 2.24) is 4.90 Å². The van der Waals surface area contributed by atoms with Crippen LogP contribution in [0.1, 0.15) is 29.4 Å². The zero-order chi connectivity index (χ0) is 14.2. The normalized spacial score (nSPS) is 17.2. The molecule has 0 spiro atoms. The number of hydrogen-bond acceptors (Lipinski definition) is 4. The molecule has 2 rings (SSSR count). The van der Waals surface area contributed by atoms with Gasteiger partial charge in [-0.25, -0.2) is 8.42 Å². The summed E-state index contributed by atoms with van der Waals surface area (Å²) >= 11 is 7.07. The minimum absolute atomic E-state index is 0.00561. The summed E-state index contributed by atoms with van der Waals surface area (Å²) in [4.78, 5) is 14.7. The highest BCUT2D eigenvalue weighted by Crippen LogP contribution is 2.32. The number of hydrogen-bond donors (Lipinski definition) is 0. The maximum atomic E-state index is 12.4. The van der Waals surface area contributed by atoms with Gasteiger partial charge in [0.15, 0.2) is 0 Å². The van der Waals surface area contributed by atoms with Crippen LogP contribution in [0.3, 0.4) is 0 Å². The summed E-state index contributed by atoms with van der Waals surface area (Å²) < 4.78 is 23.4. The van der Waals surface area contributed by atoms with Crippen molar-refractivity contribution in [1.29, 1.82) is 0 Å². The van der Waals surface area contributed by atoms with Crippen molar-refractivity contribution in [3.05, 3.63) is 21.3 Å². The number of nitrogens with zero attached hydrogens (tertiary/aromatic N) is 1. The van der Waals surface area contributed by atoms with Crippen LogP contribution >= 0.6 is 22.9 Å². The molecule has 0 N–H and O–H groups in total. The molecule has 0 bridgehead atoms. The molecule has 1 amide bonds. The van der Waals surface area contributed by atoms with Gasteiger partial charge >= 0.3 is 0 Å². The third kappa shape index (κ3) is 3.94. The summed E-state index contributed by atoms with van der Waals surface area (Å²) in [5.41, 5.74) is 0. The molecule has 1 saturated carbocycles. The van der Waals surface area contributed by atoms with Crippen molar-refractivity contribution < 1.29 is 13.2 Å². The van der Waals surface area contributed by atoms with E-state index < -0.39 is 9.84 Å². The molecule has 0 aromatic carbocycles. The molecule has 106 valence electrons. The highest BCUT2D eigenvalue weighted by molar-refractivity contribution is 7.90. The van der Waals surface area contributed by atoms with Crippen molar-refractivity contribution in [2.75, 3.05) is 12.0 Å². The Kier molecular flexibility index (Phi) is 4.23. The second-order valence-electron chi connectivity index (χ2n) is 4.99. The van der Waals surface area contributed by atoms with E-state index in [2.05, 4.69) is 0 Å². The van der Waals surface area contributed by atoms with Gasteiger partial charge in [0.25, 0.3) is 5.91 Å². The molecule has 1 aromatic heterocycles. The number of halogens is 1. The number of amides is 1. The fourth-order valence-electron chi connectivity index (χ4n) is 2.15. The third-order valence-corrected chi connectivity index (χ3v) is 5.28. The zero-order valence-corrected chi connectivity index (χ0v) is 13.2. The Balaban J connectivity index is 2.18. The topological polar surface area (TPSA) is 54.5 Å². The van der Waals surface area contributed by atoms with E-state index in [1.54, 1.807) is 24.0 Å². The van der Waals surface area contributed by atoms with Crippen LogP contribution < -0.4 is 0 Å². The summed E-state index contributed by atoms with van der Waals surface area (Å²) in [6.07, 6.45) is 3.08. The maximum Gasteiger partial charge on any atom is 0.264 e. The Morgan fingerprint density at radius 2 is 2.16 bits per heavy atom. The number of sulfone groups is 1. The first-order valence-corrected chi connectivity index (χ1v) is 9.29. The van der Waals surface area contributed by atoms with Gasteiger partial charge in [-0.3, -0.25) is 4.79 Å². The van der Waals surface area contributed by atoms with Gasteiger partial charge in [-0.15, -0.1) is 11.3 Å². The van der Waals surface area contributed by atoms with Crippen LogP contribution in [0.2, 0.25) is 4.34 Å². The van der Waals surface area contributed by atoms with Crippen LogP contribution in [0, 0.1) is 0 Å². The van der Waals surface area contributed by atoms with Crippen LogP contribution in [0.15, 0.2) is 12.1 Å². The molecule has 0 saturated heterocycles. The Labute approximate surface area is 122 Å². The van der Waals surface area contributed by atoms with Gasteiger partial charge in [0, 0.05) is 18.3 Å². The van der Waals surface area contributed by atoms with E-state index in [1.165, 1.54) is 17.6 Å². The van der Waals surface area contributed by atoms with Gasteiger partial charge in [0.2, 0.25) is 0 Å². The summed E-state index contributed by atoms with van der Waals surface area (Å²) in [7, 11) is -3.10. The SMILES string of the molecule is C[C@H](CS(C)(=O)=O)N(C(=O)c1ccc(Cl)s1)C1CC1. The number of thiophene rings is 1. The minimum atomic E-state index is -3.10. The summed E-state index contributed by atoms with van der Waals surface area (Å²) in [6, 6.07) is 3.24. The molecule has 1 aliphatic rings. The zero-order valence-electron chi connectivity index (χ0n) is 10.8. The van der Waals surface area contributed by atoms with Crippen molar-refractivity contribution in [2.45, 2.75) is 31.8 Å². The van der Waals surface area contributed by atoms with Crippen LogP contribution in [0.5, 0.6) is 0 Å². The van der Waals surface area contributed by atoms with E-state index in [4.69, 9.17) is 11.6 Å². The van der Waals surface area contributed by atoms with Gasteiger partial charge in [0.05, 0.1) is 15.0 Å². The second kappa shape index (κ2) is 5.42. The van der Waals surface area contributed by atoms with E-state index >= 15 is 0 Å². The average molecular weight is 322 g/mol. The second-order valence-corrected chi connectivity index (χ2v) is 8.89. The highest BCUT2D eigenvalue weighted by atomic mass is 35.5. The lowest BCUT2D eigenvalue weighted by Crippen LogP contribution is -2.43. The number of carbonyl (C=O) groups is 1. The van der Waals surface area contributed by atoms with Crippen LogP contribution in [-0.4, -0.2) is 43.3 Å². The molecule has 1 heterocycles. The summed E-state index contributed by atoms with van der Waals surface area (Å²) in [5.74, 6) is -0.121. The minimum Gasteiger partial charge on any atom is -0.331 e. The Hall–Kier alpha value is -0.590. The third-order valence-electron chi connectivity index (χ3n) is 2.98. The molecular formula is C12H16ClNO3S2. The van der Waals surface area contributed by atoms with Crippen molar-refractivity contribution in [2.24, 2.45) is 0 Å². The van der Waals surface area contributed by atoms with Gasteiger partial charge in [-0.1, -0.05) is 11.6 Å². The van der Waals surface area contributed by atoms with E-state index in [0.717, 1.165) is 12.8 Å².